The van der Waals surface area contributed by atoms with E-state index in [2.05, 4.69) is 5.16 Å². The van der Waals surface area contributed by atoms with Gasteiger partial charge in [0.05, 0.1) is 6.07 Å². The van der Waals surface area contributed by atoms with Gasteiger partial charge in [0, 0.05) is 6.04 Å². The second-order valence-corrected chi connectivity index (χ2v) is 2.55. The number of aromatic amines is 1. The topological polar surface area (TPSA) is 75.3 Å². The Hall–Kier alpha value is -1.23. The molecule has 1 aromatic rings. The molecule has 1 aromatic heterocycles. The average molecular weight is 157 g/mol. The molecule has 3 N–H and O–H groups in total. The second kappa shape index (κ2) is 2.79. The summed E-state index contributed by atoms with van der Waals surface area (Å²) in [6.07, 6.45) is 0. The summed E-state index contributed by atoms with van der Waals surface area (Å²) in [5.41, 5.74) is -0.281. The molecule has 62 valence electrons. The first-order valence-electron chi connectivity index (χ1n) is 3.33. The van der Waals surface area contributed by atoms with Gasteiger partial charge in [-0.3, -0.25) is 9.80 Å². The van der Waals surface area contributed by atoms with E-state index in [1.165, 1.54) is 11.1 Å². The fraction of sp³-hybridized carbons (Fsp3) is 0.500. The lowest BCUT2D eigenvalue weighted by molar-refractivity contribution is 0.404. The molecule has 0 saturated heterocycles. The first kappa shape index (κ1) is 7.87. The van der Waals surface area contributed by atoms with Gasteiger partial charge in [-0.25, -0.2) is 5.84 Å². The molecule has 1 heterocycles. The fourth-order valence-electron chi connectivity index (χ4n) is 0.655. The molecule has 11 heavy (non-hydrogen) atoms. The summed E-state index contributed by atoms with van der Waals surface area (Å²) in [5, 5.41) is 3.53. The summed E-state index contributed by atoms with van der Waals surface area (Å²) in [7, 11) is 0. The molecule has 5 nitrogen and oxygen atoms in total. The molecule has 0 spiro atoms. The number of nitrogens with zero attached hydrogens (tertiary/aromatic N) is 1. The van der Waals surface area contributed by atoms with Gasteiger partial charge < -0.3 is 4.52 Å². The van der Waals surface area contributed by atoms with Crippen LogP contribution in [0, 0.1) is 0 Å². The van der Waals surface area contributed by atoms with Crippen LogP contribution in [0.2, 0.25) is 0 Å². The van der Waals surface area contributed by atoms with Crippen LogP contribution in [0.1, 0.15) is 13.8 Å². The van der Waals surface area contributed by atoms with E-state index in [0.29, 0.717) is 5.88 Å². The van der Waals surface area contributed by atoms with Crippen LogP contribution in [-0.4, -0.2) is 11.2 Å². The van der Waals surface area contributed by atoms with Crippen molar-refractivity contribution in [2.75, 3.05) is 5.01 Å². The lowest BCUT2D eigenvalue weighted by atomic mass is 10.4. The lowest BCUT2D eigenvalue weighted by Crippen LogP contribution is -2.37. The maximum atomic E-state index is 10.6. The van der Waals surface area contributed by atoms with Gasteiger partial charge in [0.1, 0.15) is 0 Å². The molecule has 0 radical (unpaired) electrons. The van der Waals surface area contributed by atoms with Crippen molar-refractivity contribution in [2.24, 2.45) is 5.84 Å². The van der Waals surface area contributed by atoms with E-state index in [0.717, 1.165) is 0 Å². The number of hydrogen-bond donors (Lipinski definition) is 2. The van der Waals surface area contributed by atoms with Gasteiger partial charge in [-0.15, -0.1) is 0 Å². The van der Waals surface area contributed by atoms with Crippen molar-refractivity contribution in [1.82, 2.24) is 5.16 Å². The van der Waals surface area contributed by atoms with Crippen LogP contribution in [0.4, 0.5) is 5.88 Å². The summed E-state index contributed by atoms with van der Waals surface area (Å²) in [4.78, 5) is 10.6. The van der Waals surface area contributed by atoms with Crippen LogP contribution >= 0.6 is 0 Å². The third kappa shape index (κ3) is 1.62. The fourth-order valence-corrected chi connectivity index (χ4v) is 0.655. The number of H-pyrrole nitrogens is 1. The maximum absolute atomic E-state index is 10.6. The van der Waals surface area contributed by atoms with E-state index in [1.54, 1.807) is 0 Å². The Kier molecular flexibility index (Phi) is 2.00. The molecular formula is C6H11N3O2. The van der Waals surface area contributed by atoms with Crippen LogP contribution in [0.3, 0.4) is 0 Å². The highest BCUT2D eigenvalue weighted by Crippen LogP contribution is 2.07. The summed E-state index contributed by atoms with van der Waals surface area (Å²) in [5.74, 6) is 5.88. The number of anilines is 1. The van der Waals surface area contributed by atoms with Crippen molar-refractivity contribution < 1.29 is 4.52 Å². The number of nitrogens with one attached hydrogen (secondary N) is 1. The molecule has 0 amide bonds. The highest BCUT2D eigenvalue weighted by atomic mass is 16.5. The molecule has 0 bridgehead atoms. The van der Waals surface area contributed by atoms with Crippen molar-refractivity contribution in [3.05, 3.63) is 16.4 Å². The molecule has 0 atom stereocenters. The Balaban J connectivity index is 2.84. The first-order valence-corrected chi connectivity index (χ1v) is 3.33. The zero-order chi connectivity index (χ0) is 8.43. The average Bonchev–Trinajstić information content (AvgIpc) is 2.34. The molecule has 0 aliphatic carbocycles. The van der Waals surface area contributed by atoms with Crippen molar-refractivity contribution in [1.29, 1.82) is 0 Å². The second-order valence-electron chi connectivity index (χ2n) is 2.55. The van der Waals surface area contributed by atoms with E-state index in [4.69, 9.17) is 10.4 Å². The van der Waals surface area contributed by atoms with Crippen LogP contribution in [0.5, 0.6) is 0 Å². The summed E-state index contributed by atoms with van der Waals surface area (Å²) >= 11 is 0. The van der Waals surface area contributed by atoms with Crippen molar-refractivity contribution in [3.63, 3.8) is 0 Å². The Bertz CT molecular complexity index is 275. The Labute approximate surface area is 63.7 Å². The summed E-state index contributed by atoms with van der Waals surface area (Å²) in [6, 6.07) is 1.41. The number of rotatable bonds is 2. The zero-order valence-corrected chi connectivity index (χ0v) is 6.50. The van der Waals surface area contributed by atoms with Gasteiger partial charge in [-0.05, 0) is 13.8 Å². The predicted octanol–water partition coefficient (Wildman–Crippen LogP) is 0.0564. The van der Waals surface area contributed by atoms with E-state index >= 15 is 0 Å². The van der Waals surface area contributed by atoms with Gasteiger partial charge in [0.25, 0.3) is 5.56 Å². The molecule has 0 fully saturated rings. The number of hydrazine groups is 1. The molecular weight excluding hydrogens is 146 g/mol. The monoisotopic (exact) mass is 157 g/mol. The van der Waals surface area contributed by atoms with E-state index < -0.39 is 0 Å². The molecule has 0 aliphatic rings. The number of aromatic nitrogens is 1. The minimum atomic E-state index is -0.281. The van der Waals surface area contributed by atoms with Crippen LogP contribution in [-0.2, 0) is 0 Å². The summed E-state index contributed by atoms with van der Waals surface area (Å²) < 4.78 is 4.75. The van der Waals surface area contributed by atoms with Gasteiger partial charge in [0.15, 0.2) is 0 Å². The lowest BCUT2D eigenvalue weighted by Gasteiger charge is -2.17. The van der Waals surface area contributed by atoms with Crippen LogP contribution in [0.15, 0.2) is 15.4 Å². The van der Waals surface area contributed by atoms with Crippen molar-refractivity contribution >= 4 is 5.88 Å². The number of hydrogen-bond acceptors (Lipinski definition) is 4. The van der Waals surface area contributed by atoms with Crippen molar-refractivity contribution in [3.8, 4) is 0 Å². The predicted molar refractivity (Wildman–Crippen MR) is 41.1 cm³/mol. The van der Waals surface area contributed by atoms with Gasteiger partial charge >= 0.3 is 0 Å². The first-order chi connectivity index (χ1) is 5.11. The van der Waals surface area contributed by atoms with E-state index in [9.17, 15) is 4.79 Å². The Morgan fingerprint density at radius 1 is 1.73 bits per heavy atom. The minimum Gasteiger partial charge on any atom is -0.359 e. The van der Waals surface area contributed by atoms with E-state index in [1.807, 2.05) is 13.8 Å². The molecule has 0 saturated carbocycles. The molecule has 0 aliphatic heterocycles. The van der Waals surface area contributed by atoms with Crippen LogP contribution in [0.25, 0.3) is 0 Å². The van der Waals surface area contributed by atoms with E-state index in [-0.39, 0.29) is 11.6 Å². The SMILES string of the molecule is CC(C)N(N)c1cc(=O)[nH]o1. The smallest absolute Gasteiger partial charge is 0.282 e. The van der Waals surface area contributed by atoms with Gasteiger partial charge in [-0.2, -0.15) is 5.16 Å². The molecule has 5 heteroatoms. The van der Waals surface area contributed by atoms with Crippen molar-refractivity contribution in [2.45, 2.75) is 19.9 Å². The van der Waals surface area contributed by atoms with Gasteiger partial charge in [-0.1, -0.05) is 0 Å². The minimum absolute atomic E-state index is 0.106. The summed E-state index contributed by atoms with van der Waals surface area (Å²) in [6.45, 7) is 3.79. The van der Waals surface area contributed by atoms with Crippen LogP contribution < -0.4 is 16.4 Å². The normalized spacial score (nSPS) is 10.5. The highest BCUT2D eigenvalue weighted by Gasteiger charge is 2.09. The van der Waals surface area contributed by atoms with Gasteiger partial charge in [0.2, 0.25) is 5.88 Å². The zero-order valence-electron chi connectivity index (χ0n) is 6.50. The maximum Gasteiger partial charge on any atom is 0.282 e. The largest absolute Gasteiger partial charge is 0.359 e. The third-order valence-electron chi connectivity index (χ3n) is 1.32. The highest BCUT2D eigenvalue weighted by molar-refractivity contribution is 5.31. The molecule has 1 rings (SSSR count). The molecule has 0 aromatic carbocycles. The standard InChI is InChI=1S/C6H11N3O2/c1-4(2)9(7)6-3-5(10)8-11-6/h3-4H,7H2,1-2H3,(H,8,10). The molecule has 0 unspecified atom stereocenters. The Morgan fingerprint density at radius 2 is 2.36 bits per heavy atom. The Morgan fingerprint density at radius 3 is 2.73 bits per heavy atom. The third-order valence-corrected chi connectivity index (χ3v) is 1.32. The quantitative estimate of drug-likeness (QED) is 0.470. The number of nitrogens with two attached hydrogens (primary N) is 1.